The molecule has 1 aliphatic rings. The molecule has 0 spiro atoms. The third-order valence-electron chi connectivity index (χ3n) is 5.56. The molecule has 0 fully saturated rings. The van der Waals surface area contributed by atoms with Crippen molar-refractivity contribution in [3.05, 3.63) is 89.5 Å². The summed E-state index contributed by atoms with van der Waals surface area (Å²) in [6.45, 7) is 2.44. The van der Waals surface area contributed by atoms with Crippen molar-refractivity contribution in [3.8, 4) is 11.5 Å². The smallest absolute Gasteiger partial charge is 0.245 e. The molecule has 0 atom stereocenters. The Morgan fingerprint density at radius 2 is 1.31 bits per heavy atom. The van der Waals surface area contributed by atoms with Crippen LogP contribution in [-0.4, -0.2) is 47.6 Å². The van der Waals surface area contributed by atoms with Crippen molar-refractivity contribution in [2.45, 2.75) is 19.5 Å². The molecule has 0 aliphatic carbocycles. The van der Waals surface area contributed by atoms with Gasteiger partial charge in [0.1, 0.15) is 0 Å². The van der Waals surface area contributed by atoms with Crippen LogP contribution in [0.2, 0.25) is 0 Å². The Morgan fingerprint density at radius 1 is 0.714 bits per heavy atom. The Labute approximate surface area is 206 Å². The lowest BCUT2D eigenvalue weighted by atomic mass is 10.1. The number of ether oxygens (including phenoxy) is 2. The lowest BCUT2D eigenvalue weighted by Gasteiger charge is -2.23. The highest BCUT2D eigenvalue weighted by molar-refractivity contribution is 8.09. The molecule has 186 valence electrons. The van der Waals surface area contributed by atoms with E-state index in [9.17, 15) is 16.8 Å². The Kier molecular flexibility index (Phi) is 7.34. The minimum absolute atomic E-state index is 0.0975. The van der Waals surface area contributed by atoms with Gasteiger partial charge in [-0.2, -0.15) is 3.71 Å². The largest absolute Gasteiger partial charge is 0.454 e. The summed E-state index contributed by atoms with van der Waals surface area (Å²) in [5.41, 5.74) is 3.37. The number of sulfonamides is 2. The van der Waals surface area contributed by atoms with Crippen LogP contribution < -0.4 is 13.2 Å². The van der Waals surface area contributed by atoms with E-state index in [2.05, 4.69) is 17.0 Å². The number of rotatable bonds is 10. The molecule has 1 heterocycles. The Bertz CT molecular complexity index is 1340. The van der Waals surface area contributed by atoms with Crippen LogP contribution in [0.3, 0.4) is 0 Å². The maximum Gasteiger partial charge on any atom is 0.245 e. The quantitative estimate of drug-likeness (QED) is 0.408. The molecule has 0 amide bonds. The van der Waals surface area contributed by atoms with E-state index in [1.54, 1.807) is 12.1 Å². The average molecular weight is 517 g/mol. The van der Waals surface area contributed by atoms with E-state index < -0.39 is 20.0 Å². The van der Waals surface area contributed by atoms with Crippen molar-refractivity contribution in [3.63, 3.8) is 0 Å². The predicted molar refractivity (Wildman–Crippen MR) is 135 cm³/mol. The van der Waals surface area contributed by atoms with Crippen molar-refractivity contribution in [2.24, 2.45) is 0 Å². The van der Waals surface area contributed by atoms with Crippen LogP contribution in [0.1, 0.15) is 16.7 Å². The second kappa shape index (κ2) is 10.3. The molecule has 4 rings (SSSR count). The van der Waals surface area contributed by atoms with Crippen LogP contribution in [0.15, 0.2) is 72.8 Å². The molecule has 3 aromatic rings. The summed E-state index contributed by atoms with van der Waals surface area (Å²) in [6, 6.07) is 22.7. The average Bonchev–Trinajstić information content (AvgIpc) is 3.25. The fraction of sp³-hybridized carbons (Fsp3) is 0.280. The SMILES string of the molecule is CS(=O)(=O)N(c1ccc(CCN(Cc2ccccc2)Cc2ccc3c(c2)OCO3)cc1)S(C)(=O)=O. The van der Waals surface area contributed by atoms with E-state index in [0.717, 1.165) is 48.2 Å². The van der Waals surface area contributed by atoms with Crippen molar-refractivity contribution >= 4 is 25.7 Å². The number of hydrogen-bond acceptors (Lipinski definition) is 7. The van der Waals surface area contributed by atoms with E-state index in [1.807, 2.05) is 36.4 Å². The number of nitrogens with zero attached hydrogens (tertiary/aromatic N) is 2. The second-order valence-electron chi connectivity index (χ2n) is 8.52. The minimum Gasteiger partial charge on any atom is -0.454 e. The fourth-order valence-corrected chi connectivity index (χ4v) is 7.03. The van der Waals surface area contributed by atoms with Crippen LogP contribution in [0, 0.1) is 0 Å². The molecule has 0 aromatic heterocycles. The van der Waals surface area contributed by atoms with Gasteiger partial charge >= 0.3 is 0 Å². The first-order chi connectivity index (χ1) is 16.6. The van der Waals surface area contributed by atoms with Crippen molar-refractivity contribution in [1.29, 1.82) is 0 Å². The zero-order chi connectivity index (χ0) is 25.1. The molecule has 0 unspecified atom stereocenters. The third-order valence-corrected chi connectivity index (χ3v) is 8.81. The van der Waals surface area contributed by atoms with Gasteiger partial charge in [0, 0.05) is 19.6 Å². The van der Waals surface area contributed by atoms with E-state index in [4.69, 9.17) is 9.47 Å². The highest BCUT2D eigenvalue weighted by atomic mass is 32.3. The molecule has 1 aliphatic heterocycles. The molecule has 0 radical (unpaired) electrons. The summed E-state index contributed by atoms with van der Waals surface area (Å²) in [5, 5.41) is 0. The van der Waals surface area contributed by atoms with Gasteiger partial charge in [0.15, 0.2) is 11.5 Å². The van der Waals surface area contributed by atoms with Gasteiger partial charge in [-0.05, 0) is 47.4 Å². The minimum atomic E-state index is -3.97. The first kappa shape index (κ1) is 25.0. The molecule has 0 saturated heterocycles. The Balaban J connectivity index is 1.49. The van der Waals surface area contributed by atoms with E-state index in [-0.39, 0.29) is 12.5 Å². The normalized spacial score (nSPS) is 13.2. The van der Waals surface area contributed by atoms with Crippen molar-refractivity contribution in [2.75, 3.05) is 29.6 Å². The van der Waals surface area contributed by atoms with Gasteiger partial charge in [-0.1, -0.05) is 48.5 Å². The third kappa shape index (κ3) is 6.53. The lowest BCUT2D eigenvalue weighted by Crippen LogP contribution is -2.35. The van der Waals surface area contributed by atoms with Crippen LogP contribution in [0.4, 0.5) is 5.69 Å². The maximum atomic E-state index is 12.0. The summed E-state index contributed by atoms with van der Waals surface area (Å²) < 4.78 is 59.5. The number of hydrogen-bond donors (Lipinski definition) is 0. The molecular formula is C25H28N2O6S2. The number of benzene rings is 3. The van der Waals surface area contributed by atoms with Gasteiger partial charge in [0.05, 0.1) is 18.2 Å². The maximum absolute atomic E-state index is 12.0. The lowest BCUT2D eigenvalue weighted by molar-refractivity contribution is 0.174. The zero-order valence-corrected chi connectivity index (χ0v) is 21.3. The first-order valence-corrected chi connectivity index (χ1v) is 14.7. The summed E-state index contributed by atoms with van der Waals surface area (Å²) in [7, 11) is -7.94. The molecule has 8 nitrogen and oxygen atoms in total. The van der Waals surface area contributed by atoms with E-state index >= 15 is 0 Å². The van der Waals surface area contributed by atoms with E-state index in [0.29, 0.717) is 16.7 Å². The van der Waals surface area contributed by atoms with Crippen LogP contribution in [-0.2, 0) is 39.6 Å². The molecule has 10 heteroatoms. The predicted octanol–water partition coefficient (Wildman–Crippen LogP) is 3.39. The summed E-state index contributed by atoms with van der Waals surface area (Å²) in [5.74, 6) is 1.50. The molecule has 35 heavy (non-hydrogen) atoms. The van der Waals surface area contributed by atoms with Crippen LogP contribution in [0.25, 0.3) is 0 Å². The standard InChI is InChI=1S/C25H28N2O6S2/c1-34(28,29)27(35(2,30)31)23-11-8-20(9-12-23)14-15-26(17-21-6-4-3-5-7-21)18-22-10-13-24-25(16-22)33-19-32-24/h3-13,16H,14-15,17-19H2,1-2H3. The van der Waals surface area contributed by atoms with Gasteiger partial charge in [0.25, 0.3) is 0 Å². The molecular weight excluding hydrogens is 488 g/mol. The summed E-state index contributed by atoms with van der Waals surface area (Å²) >= 11 is 0. The highest BCUT2D eigenvalue weighted by Crippen LogP contribution is 2.33. The summed E-state index contributed by atoms with van der Waals surface area (Å²) in [6.07, 6.45) is 2.45. The number of fused-ring (bicyclic) bond motifs is 1. The van der Waals surface area contributed by atoms with Gasteiger partial charge < -0.3 is 9.47 Å². The molecule has 0 saturated carbocycles. The van der Waals surface area contributed by atoms with E-state index in [1.165, 1.54) is 17.7 Å². The molecule has 3 aromatic carbocycles. The fourth-order valence-electron chi connectivity index (χ4n) is 4.05. The second-order valence-corrected chi connectivity index (χ2v) is 12.4. The van der Waals surface area contributed by atoms with Gasteiger partial charge in [-0.25, -0.2) is 16.8 Å². The summed E-state index contributed by atoms with van der Waals surface area (Å²) in [4.78, 5) is 2.32. The molecule has 0 N–H and O–H groups in total. The Hall–Kier alpha value is -3.08. The first-order valence-electron chi connectivity index (χ1n) is 11.0. The molecule has 0 bridgehead atoms. The van der Waals surface area contributed by atoms with Crippen LogP contribution in [0.5, 0.6) is 11.5 Å². The highest BCUT2D eigenvalue weighted by Gasteiger charge is 2.27. The number of anilines is 1. The topological polar surface area (TPSA) is 93.2 Å². The monoisotopic (exact) mass is 516 g/mol. The zero-order valence-electron chi connectivity index (χ0n) is 19.6. The van der Waals surface area contributed by atoms with Crippen molar-refractivity contribution in [1.82, 2.24) is 4.90 Å². The van der Waals surface area contributed by atoms with Crippen molar-refractivity contribution < 1.29 is 26.3 Å². The van der Waals surface area contributed by atoms with Crippen LogP contribution >= 0.6 is 0 Å². The Morgan fingerprint density at radius 3 is 1.97 bits per heavy atom. The van der Waals surface area contributed by atoms with Gasteiger partial charge in [-0.15, -0.1) is 0 Å². The van der Waals surface area contributed by atoms with Gasteiger partial charge in [-0.3, -0.25) is 4.90 Å². The van der Waals surface area contributed by atoms with Gasteiger partial charge in [0.2, 0.25) is 26.8 Å².